The number of unbranched alkanes of at least 4 members (excludes halogenated alkanes) is 8. The lowest BCUT2D eigenvalue weighted by Crippen LogP contribution is -2.01. The summed E-state index contributed by atoms with van der Waals surface area (Å²) in [6, 6.07) is 1.89. The number of hydrogen-bond acceptors (Lipinski definition) is 4. The highest BCUT2D eigenvalue weighted by atomic mass is 32.1. The van der Waals surface area contributed by atoms with Gasteiger partial charge in [-0.15, -0.1) is 11.3 Å². The van der Waals surface area contributed by atoms with Crippen LogP contribution in [0.4, 0.5) is 5.00 Å². The van der Waals surface area contributed by atoms with E-state index in [1.54, 1.807) is 0 Å². The third-order valence-corrected chi connectivity index (χ3v) is 4.77. The molecule has 0 saturated heterocycles. The van der Waals surface area contributed by atoms with E-state index < -0.39 is 0 Å². The number of thiophene rings is 1. The quantitative estimate of drug-likeness (QED) is 0.452. The molecule has 0 radical (unpaired) electrons. The van der Waals surface area contributed by atoms with Crippen LogP contribution in [-0.2, 0) is 11.2 Å². The van der Waals surface area contributed by atoms with Crippen molar-refractivity contribution in [2.24, 2.45) is 0 Å². The molecule has 0 spiro atoms. The molecule has 3 nitrogen and oxygen atoms in total. The fourth-order valence-electron chi connectivity index (χ4n) is 2.46. The Balaban J connectivity index is 2.12. The molecule has 1 aromatic heterocycles. The van der Waals surface area contributed by atoms with Crippen LogP contribution in [0, 0.1) is 0 Å². The Morgan fingerprint density at radius 1 is 1.10 bits per heavy atom. The Morgan fingerprint density at radius 3 is 2.24 bits per heavy atom. The molecule has 0 aliphatic rings. The first kappa shape index (κ1) is 18.0. The Hall–Kier alpha value is -1.03. The average molecular weight is 311 g/mol. The van der Waals surface area contributed by atoms with Crippen LogP contribution >= 0.6 is 11.3 Å². The number of aryl methyl sites for hydroxylation is 1. The maximum absolute atomic E-state index is 11.5. The second-order valence-electron chi connectivity index (χ2n) is 5.56. The molecule has 2 N–H and O–H groups in total. The molecular weight excluding hydrogens is 282 g/mol. The summed E-state index contributed by atoms with van der Waals surface area (Å²) in [6.07, 6.45) is 13.0. The fourth-order valence-corrected chi connectivity index (χ4v) is 3.42. The third-order valence-electron chi connectivity index (χ3n) is 3.74. The Morgan fingerprint density at radius 2 is 1.67 bits per heavy atom. The Bertz CT molecular complexity index is 415. The lowest BCUT2D eigenvalue weighted by molar-refractivity contribution is 0.0602. The van der Waals surface area contributed by atoms with Crippen molar-refractivity contribution < 1.29 is 9.53 Å². The predicted octanol–water partition coefficient (Wildman–Crippen LogP) is 5.19. The zero-order valence-electron chi connectivity index (χ0n) is 13.5. The zero-order chi connectivity index (χ0) is 15.5. The minimum Gasteiger partial charge on any atom is -0.465 e. The van der Waals surface area contributed by atoms with Gasteiger partial charge in [0.25, 0.3) is 0 Å². The molecule has 0 amide bonds. The molecule has 1 aromatic rings. The van der Waals surface area contributed by atoms with Gasteiger partial charge in [0.1, 0.15) is 5.00 Å². The van der Waals surface area contributed by atoms with Gasteiger partial charge in [0.05, 0.1) is 12.7 Å². The van der Waals surface area contributed by atoms with Gasteiger partial charge in [-0.05, 0) is 18.9 Å². The number of rotatable bonds is 11. The summed E-state index contributed by atoms with van der Waals surface area (Å²) >= 11 is 1.51. The van der Waals surface area contributed by atoms with Crippen LogP contribution in [0.1, 0.15) is 79.9 Å². The van der Waals surface area contributed by atoms with E-state index in [4.69, 9.17) is 10.5 Å². The summed E-state index contributed by atoms with van der Waals surface area (Å²) in [5, 5.41) is 0.577. The van der Waals surface area contributed by atoms with E-state index in [0.717, 1.165) is 6.42 Å². The number of esters is 1. The molecule has 0 atom stereocenters. The number of nitrogen functional groups attached to an aromatic ring is 1. The summed E-state index contributed by atoms with van der Waals surface area (Å²) in [5.41, 5.74) is 6.37. The van der Waals surface area contributed by atoms with Crippen molar-refractivity contribution in [1.82, 2.24) is 0 Å². The van der Waals surface area contributed by atoms with Gasteiger partial charge in [-0.25, -0.2) is 4.79 Å². The summed E-state index contributed by atoms with van der Waals surface area (Å²) in [7, 11) is 1.39. The molecule has 120 valence electrons. The normalized spacial score (nSPS) is 10.8. The maximum atomic E-state index is 11.5. The van der Waals surface area contributed by atoms with Crippen molar-refractivity contribution in [3.63, 3.8) is 0 Å². The molecule has 21 heavy (non-hydrogen) atoms. The largest absolute Gasteiger partial charge is 0.465 e. The molecule has 4 heteroatoms. The highest BCUT2D eigenvalue weighted by Crippen LogP contribution is 2.27. The second-order valence-corrected chi connectivity index (χ2v) is 6.73. The van der Waals surface area contributed by atoms with Gasteiger partial charge in [0.2, 0.25) is 0 Å². The molecule has 0 aliphatic heterocycles. The standard InChI is InChI=1S/C17H29NO2S/c1-3-4-5-6-7-8-9-10-11-12-14-13-15(16(18)21-14)17(19)20-2/h13H,3-12,18H2,1-2H3. The van der Waals surface area contributed by atoms with Crippen LogP contribution in [0.3, 0.4) is 0 Å². The van der Waals surface area contributed by atoms with Crippen LogP contribution in [0.5, 0.6) is 0 Å². The van der Waals surface area contributed by atoms with Crippen LogP contribution < -0.4 is 5.73 Å². The number of carbonyl (C=O) groups excluding carboxylic acids is 1. The van der Waals surface area contributed by atoms with Crippen LogP contribution in [-0.4, -0.2) is 13.1 Å². The number of carbonyl (C=O) groups is 1. The molecule has 0 aliphatic carbocycles. The van der Waals surface area contributed by atoms with Gasteiger partial charge in [0.15, 0.2) is 0 Å². The number of hydrogen-bond donors (Lipinski definition) is 1. The van der Waals surface area contributed by atoms with E-state index in [9.17, 15) is 4.79 Å². The summed E-state index contributed by atoms with van der Waals surface area (Å²) in [6.45, 7) is 2.25. The summed E-state index contributed by atoms with van der Waals surface area (Å²) < 4.78 is 4.72. The maximum Gasteiger partial charge on any atom is 0.340 e. The van der Waals surface area contributed by atoms with E-state index >= 15 is 0 Å². The highest BCUT2D eigenvalue weighted by molar-refractivity contribution is 7.16. The van der Waals surface area contributed by atoms with Gasteiger partial charge in [0, 0.05) is 4.88 Å². The molecule has 0 saturated carbocycles. The van der Waals surface area contributed by atoms with E-state index in [2.05, 4.69) is 6.92 Å². The monoisotopic (exact) mass is 311 g/mol. The minimum absolute atomic E-state index is 0.331. The average Bonchev–Trinajstić information content (AvgIpc) is 2.85. The van der Waals surface area contributed by atoms with Crippen molar-refractivity contribution in [2.75, 3.05) is 12.8 Å². The molecule has 0 fully saturated rings. The summed E-state index contributed by atoms with van der Waals surface area (Å²) in [4.78, 5) is 12.7. The van der Waals surface area contributed by atoms with E-state index in [1.165, 1.54) is 81.1 Å². The smallest absolute Gasteiger partial charge is 0.340 e. The topological polar surface area (TPSA) is 52.3 Å². The molecule has 0 unspecified atom stereocenters. The van der Waals surface area contributed by atoms with Crippen molar-refractivity contribution in [3.05, 3.63) is 16.5 Å². The number of ether oxygens (including phenoxy) is 1. The minimum atomic E-state index is -0.331. The summed E-state index contributed by atoms with van der Waals surface area (Å²) in [5.74, 6) is -0.331. The lowest BCUT2D eigenvalue weighted by atomic mass is 10.1. The molecule has 0 bridgehead atoms. The van der Waals surface area contributed by atoms with Crippen molar-refractivity contribution in [3.8, 4) is 0 Å². The number of methoxy groups -OCH3 is 1. The Labute approximate surface area is 132 Å². The first-order chi connectivity index (χ1) is 10.2. The van der Waals surface area contributed by atoms with Gasteiger partial charge in [-0.3, -0.25) is 0 Å². The molecule has 1 heterocycles. The molecule has 0 aromatic carbocycles. The SMILES string of the molecule is CCCCCCCCCCCc1cc(C(=O)OC)c(N)s1. The van der Waals surface area contributed by atoms with Crippen LogP contribution in [0.25, 0.3) is 0 Å². The van der Waals surface area contributed by atoms with Crippen molar-refractivity contribution >= 4 is 22.3 Å². The number of anilines is 1. The highest BCUT2D eigenvalue weighted by Gasteiger charge is 2.13. The van der Waals surface area contributed by atoms with Crippen molar-refractivity contribution in [1.29, 1.82) is 0 Å². The Kier molecular flexibility index (Phi) is 9.15. The lowest BCUT2D eigenvalue weighted by Gasteiger charge is -2.01. The molecule has 1 rings (SSSR count). The molecular formula is C17H29NO2S. The van der Waals surface area contributed by atoms with E-state index in [-0.39, 0.29) is 5.97 Å². The predicted molar refractivity (Wildman–Crippen MR) is 91.0 cm³/mol. The van der Waals surface area contributed by atoms with Gasteiger partial charge in [-0.2, -0.15) is 0 Å². The first-order valence-corrected chi connectivity index (χ1v) is 8.97. The van der Waals surface area contributed by atoms with Crippen LogP contribution in [0.15, 0.2) is 6.07 Å². The van der Waals surface area contributed by atoms with E-state index in [1.807, 2.05) is 6.07 Å². The zero-order valence-corrected chi connectivity index (χ0v) is 14.3. The number of nitrogens with two attached hydrogens (primary N) is 1. The first-order valence-electron chi connectivity index (χ1n) is 8.15. The van der Waals surface area contributed by atoms with Crippen molar-refractivity contribution in [2.45, 2.75) is 71.1 Å². The third kappa shape index (κ3) is 6.98. The van der Waals surface area contributed by atoms with Gasteiger partial charge >= 0.3 is 5.97 Å². The van der Waals surface area contributed by atoms with Crippen LogP contribution in [0.2, 0.25) is 0 Å². The fraction of sp³-hybridized carbons (Fsp3) is 0.706. The second kappa shape index (κ2) is 10.7. The van der Waals surface area contributed by atoms with Gasteiger partial charge < -0.3 is 10.5 Å². The van der Waals surface area contributed by atoms with Gasteiger partial charge in [-0.1, -0.05) is 58.3 Å². The van der Waals surface area contributed by atoms with E-state index in [0.29, 0.717) is 10.6 Å².